The molecule has 4 rings (SSSR count). The number of carbonyl (C=O) groups is 1. The van der Waals surface area contributed by atoms with Crippen LogP contribution in [0.2, 0.25) is 5.15 Å². The number of nitrogens with one attached hydrogen (secondary N) is 1. The molecular formula is C20H17ClFN5O. The summed E-state index contributed by atoms with van der Waals surface area (Å²) in [6.07, 6.45) is 3.45. The van der Waals surface area contributed by atoms with Gasteiger partial charge in [-0.15, -0.1) is 0 Å². The van der Waals surface area contributed by atoms with E-state index in [9.17, 15) is 9.18 Å². The second-order valence-electron chi connectivity index (χ2n) is 6.35. The topological polar surface area (TPSA) is 64.7 Å². The van der Waals surface area contributed by atoms with Gasteiger partial charge in [-0.2, -0.15) is 10.2 Å². The lowest BCUT2D eigenvalue weighted by Crippen LogP contribution is -2.14. The molecule has 0 radical (unpaired) electrons. The first-order valence-electron chi connectivity index (χ1n) is 8.77. The molecule has 4 aromatic rings. The Labute approximate surface area is 165 Å². The summed E-state index contributed by atoms with van der Waals surface area (Å²) in [4.78, 5) is 12.3. The number of aryl methyl sites for hydroxylation is 1. The zero-order valence-corrected chi connectivity index (χ0v) is 15.6. The standard InChI is InChI=1S/C20H17ClFN5O/c21-20-16-6-2-4-8-18(16)27(25-20)10-9-19(28)24-15-11-23-26(13-15)12-14-5-1-3-7-17(14)22/h1-8,11,13H,9-10,12H2,(H,24,28). The molecule has 0 atom stereocenters. The number of carbonyl (C=O) groups excluding carboxylic acids is 1. The Bertz CT molecular complexity index is 1140. The van der Waals surface area contributed by atoms with Crippen LogP contribution in [0.5, 0.6) is 0 Å². The van der Waals surface area contributed by atoms with E-state index in [2.05, 4.69) is 15.5 Å². The maximum absolute atomic E-state index is 13.7. The number of hydrogen-bond acceptors (Lipinski definition) is 3. The van der Waals surface area contributed by atoms with Crippen molar-refractivity contribution in [2.24, 2.45) is 0 Å². The molecule has 2 heterocycles. The van der Waals surface area contributed by atoms with Crippen molar-refractivity contribution in [2.45, 2.75) is 19.5 Å². The second kappa shape index (κ2) is 7.82. The van der Waals surface area contributed by atoms with E-state index in [0.29, 0.717) is 29.5 Å². The van der Waals surface area contributed by atoms with Crippen LogP contribution < -0.4 is 5.32 Å². The summed E-state index contributed by atoms with van der Waals surface area (Å²) in [7, 11) is 0. The summed E-state index contributed by atoms with van der Waals surface area (Å²) >= 11 is 6.13. The maximum atomic E-state index is 13.7. The van der Waals surface area contributed by atoms with E-state index in [4.69, 9.17) is 11.6 Å². The highest BCUT2D eigenvalue weighted by atomic mass is 35.5. The van der Waals surface area contributed by atoms with E-state index in [1.807, 2.05) is 24.3 Å². The molecule has 2 aromatic heterocycles. The average Bonchev–Trinajstić information content (AvgIpc) is 3.26. The van der Waals surface area contributed by atoms with Crippen LogP contribution in [0.15, 0.2) is 60.9 Å². The molecule has 1 N–H and O–H groups in total. The van der Waals surface area contributed by atoms with E-state index in [1.165, 1.54) is 6.07 Å². The van der Waals surface area contributed by atoms with Gasteiger partial charge in [-0.1, -0.05) is 41.9 Å². The second-order valence-corrected chi connectivity index (χ2v) is 6.71. The normalized spacial score (nSPS) is 11.1. The van der Waals surface area contributed by atoms with Gasteiger partial charge in [0.2, 0.25) is 5.91 Å². The third kappa shape index (κ3) is 3.89. The summed E-state index contributed by atoms with van der Waals surface area (Å²) in [5.41, 5.74) is 1.98. The maximum Gasteiger partial charge on any atom is 0.226 e. The third-order valence-electron chi connectivity index (χ3n) is 4.37. The highest BCUT2D eigenvalue weighted by Gasteiger charge is 2.11. The van der Waals surface area contributed by atoms with Crippen LogP contribution >= 0.6 is 11.6 Å². The summed E-state index contributed by atoms with van der Waals surface area (Å²) in [5.74, 6) is -0.449. The predicted octanol–water partition coefficient (Wildman–Crippen LogP) is 4.10. The summed E-state index contributed by atoms with van der Waals surface area (Å²) < 4.78 is 17.0. The number of aromatic nitrogens is 4. The molecule has 2 aromatic carbocycles. The van der Waals surface area contributed by atoms with Crippen molar-refractivity contribution in [3.8, 4) is 0 Å². The lowest BCUT2D eigenvalue weighted by atomic mass is 10.2. The van der Waals surface area contributed by atoms with Crippen molar-refractivity contribution < 1.29 is 9.18 Å². The Kier molecular flexibility index (Phi) is 5.08. The van der Waals surface area contributed by atoms with Crippen LogP contribution in [0.4, 0.5) is 10.1 Å². The molecule has 28 heavy (non-hydrogen) atoms. The number of para-hydroxylation sites is 1. The molecule has 0 aliphatic rings. The van der Waals surface area contributed by atoms with Crippen LogP contribution in [-0.4, -0.2) is 25.5 Å². The van der Waals surface area contributed by atoms with Gasteiger partial charge in [0.05, 0.1) is 30.5 Å². The molecule has 1 amide bonds. The number of benzene rings is 2. The van der Waals surface area contributed by atoms with Crippen molar-refractivity contribution in [1.82, 2.24) is 19.6 Å². The minimum atomic E-state index is -0.284. The first kappa shape index (κ1) is 18.2. The Morgan fingerprint density at radius 2 is 1.93 bits per heavy atom. The molecule has 0 aliphatic heterocycles. The van der Waals surface area contributed by atoms with Gasteiger partial charge >= 0.3 is 0 Å². The zero-order valence-electron chi connectivity index (χ0n) is 14.8. The third-order valence-corrected chi connectivity index (χ3v) is 4.65. The van der Waals surface area contributed by atoms with E-state index in [1.54, 1.807) is 40.0 Å². The Morgan fingerprint density at radius 3 is 2.79 bits per heavy atom. The van der Waals surface area contributed by atoms with Gasteiger partial charge in [0, 0.05) is 23.6 Å². The number of anilines is 1. The Morgan fingerprint density at radius 1 is 1.14 bits per heavy atom. The number of halogens is 2. The first-order chi connectivity index (χ1) is 13.6. The molecule has 0 bridgehead atoms. The van der Waals surface area contributed by atoms with Gasteiger partial charge in [0.25, 0.3) is 0 Å². The highest BCUT2D eigenvalue weighted by molar-refractivity contribution is 6.34. The molecule has 142 valence electrons. The van der Waals surface area contributed by atoms with Gasteiger partial charge < -0.3 is 5.32 Å². The van der Waals surface area contributed by atoms with Crippen molar-refractivity contribution in [2.75, 3.05) is 5.32 Å². The number of rotatable bonds is 6. The predicted molar refractivity (Wildman–Crippen MR) is 106 cm³/mol. The molecule has 0 aliphatic carbocycles. The Balaban J connectivity index is 1.36. The smallest absolute Gasteiger partial charge is 0.226 e. The number of amides is 1. The quantitative estimate of drug-likeness (QED) is 0.532. The zero-order chi connectivity index (χ0) is 19.5. The van der Waals surface area contributed by atoms with Crippen molar-refractivity contribution in [1.29, 1.82) is 0 Å². The molecule has 8 heteroatoms. The molecule has 6 nitrogen and oxygen atoms in total. The number of fused-ring (bicyclic) bond motifs is 1. The summed E-state index contributed by atoms with van der Waals surface area (Å²) in [6, 6.07) is 14.1. The van der Waals surface area contributed by atoms with Crippen LogP contribution in [0.1, 0.15) is 12.0 Å². The monoisotopic (exact) mass is 397 g/mol. The van der Waals surface area contributed by atoms with Crippen LogP contribution in [0, 0.1) is 5.82 Å². The van der Waals surface area contributed by atoms with E-state index in [-0.39, 0.29) is 18.1 Å². The van der Waals surface area contributed by atoms with E-state index >= 15 is 0 Å². The number of hydrogen-bond donors (Lipinski definition) is 1. The van der Waals surface area contributed by atoms with Crippen LogP contribution in [0.25, 0.3) is 10.9 Å². The SMILES string of the molecule is O=C(CCn1nc(Cl)c2ccccc21)Nc1cnn(Cc2ccccc2F)c1. The lowest BCUT2D eigenvalue weighted by Gasteiger charge is -2.05. The van der Waals surface area contributed by atoms with Crippen molar-refractivity contribution in [3.05, 3.63) is 77.5 Å². The fourth-order valence-electron chi connectivity index (χ4n) is 3.00. The largest absolute Gasteiger partial charge is 0.323 e. The minimum Gasteiger partial charge on any atom is -0.323 e. The van der Waals surface area contributed by atoms with Gasteiger partial charge in [0.15, 0.2) is 5.15 Å². The van der Waals surface area contributed by atoms with E-state index < -0.39 is 0 Å². The molecule has 0 fully saturated rings. The van der Waals surface area contributed by atoms with Gasteiger partial charge in [-0.3, -0.25) is 14.2 Å². The molecular weight excluding hydrogens is 381 g/mol. The Hall–Kier alpha value is -3.19. The lowest BCUT2D eigenvalue weighted by molar-refractivity contribution is -0.116. The summed E-state index contributed by atoms with van der Waals surface area (Å²) in [6.45, 7) is 0.697. The van der Waals surface area contributed by atoms with Crippen LogP contribution in [0.3, 0.4) is 0 Å². The van der Waals surface area contributed by atoms with Gasteiger partial charge in [-0.25, -0.2) is 4.39 Å². The minimum absolute atomic E-state index is 0.166. The van der Waals surface area contributed by atoms with Gasteiger partial charge in [0.1, 0.15) is 5.82 Å². The fraction of sp³-hybridized carbons (Fsp3) is 0.150. The average molecular weight is 398 g/mol. The van der Waals surface area contributed by atoms with E-state index in [0.717, 1.165) is 10.9 Å². The molecule has 0 unspecified atom stereocenters. The van der Waals surface area contributed by atoms with Crippen molar-refractivity contribution in [3.63, 3.8) is 0 Å². The highest BCUT2D eigenvalue weighted by Crippen LogP contribution is 2.22. The summed E-state index contributed by atoms with van der Waals surface area (Å²) in [5, 5.41) is 12.5. The van der Waals surface area contributed by atoms with Crippen LogP contribution in [-0.2, 0) is 17.9 Å². The molecule has 0 spiro atoms. The van der Waals surface area contributed by atoms with Gasteiger partial charge in [-0.05, 0) is 18.2 Å². The molecule has 0 saturated heterocycles. The first-order valence-corrected chi connectivity index (χ1v) is 9.15. The van der Waals surface area contributed by atoms with Crippen molar-refractivity contribution >= 4 is 34.1 Å². The number of nitrogens with zero attached hydrogens (tertiary/aromatic N) is 4. The fourth-order valence-corrected chi connectivity index (χ4v) is 3.26. The molecule has 0 saturated carbocycles.